The Morgan fingerprint density at radius 2 is 1.86 bits per heavy atom. The molecule has 1 aromatic carbocycles. The van der Waals surface area contributed by atoms with E-state index < -0.39 is 17.2 Å². The summed E-state index contributed by atoms with van der Waals surface area (Å²) in [6.07, 6.45) is 0. The summed E-state index contributed by atoms with van der Waals surface area (Å²) in [6, 6.07) is 5.04. The van der Waals surface area contributed by atoms with Crippen LogP contribution in [0, 0.1) is 13.8 Å². The number of carbonyl (C=O) groups excluding carboxylic acids is 2. The topological polar surface area (TPSA) is 111 Å². The van der Waals surface area contributed by atoms with E-state index in [-0.39, 0.29) is 5.22 Å². The van der Waals surface area contributed by atoms with Crippen molar-refractivity contribution in [1.82, 2.24) is 15.5 Å². The monoisotopic (exact) mass is 320 g/mol. The predicted molar refractivity (Wildman–Crippen MR) is 82.3 cm³/mol. The summed E-state index contributed by atoms with van der Waals surface area (Å²) in [5, 5.41) is 9.56. The third-order valence-electron chi connectivity index (χ3n) is 2.77. The van der Waals surface area contributed by atoms with Gasteiger partial charge in [-0.3, -0.25) is 10.1 Å². The summed E-state index contributed by atoms with van der Waals surface area (Å²) < 4.78 is 5.55. The molecule has 2 rings (SSSR count). The molecule has 2 aromatic rings. The summed E-state index contributed by atoms with van der Waals surface area (Å²) in [7, 11) is 0. The van der Waals surface area contributed by atoms with Crippen LogP contribution >= 0.6 is 11.8 Å². The van der Waals surface area contributed by atoms with Crippen LogP contribution in [-0.2, 0) is 4.79 Å². The molecular formula is C14H16N4O3S. The molecule has 0 saturated carbocycles. The van der Waals surface area contributed by atoms with E-state index in [1.165, 1.54) is 0 Å². The summed E-state index contributed by atoms with van der Waals surface area (Å²) in [4.78, 5) is 22.3. The van der Waals surface area contributed by atoms with Crippen LogP contribution in [0.3, 0.4) is 0 Å². The first-order valence-corrected chi connectivity index (χ1v) is 7.42. The molecular weight excluding hydrogens is 304 g/mol. The van der Waals surface area contributed by atoms with E-state index in [2.05, 4.69) is 10.2 Å². The Kier molecular flexibility index (Phi) is 4.81. The van der Waals surface area contributed by atoms with Crippen molar-refractivity contribution in [2.24, 2.45) is 5.73 Å². The Bertz CT molecular complexity index is 694. The van der Waals surface area contributed by atoms with Gasteiger partial charge in [-0.25, -0.2) is 4.79 Å². The number of thioether (sulfide) groups is 1. The fraction of sp³-hybridized carbons (Fsp3) is 0.286. The molecule has 0 aliphatic carbocycles. The molecule has 8 heteroatoms. The third kappa shape index (κ3) is 4.08. The van der Waals surface area contributed by atoms with E-state index >= 15 is 0 Å². The molecule has 1 aromatic heterocycles. The molecule has 1 atom stereocenters. The van der Waals surface area contributed by atoms with E-state index in [9.17, 15) is 9.59 Å². The molecule has 0 fully saturated rings. The minimum atomic E-state index is -0.890. The molecule has 0 aliphatic rings. The maximum absolute atomic E-state index is 11.6. The first-order chi connectivity index (χ1) is 10.3. The van der Waals surface area contributed by atoms with Crippen LogP contribution in [0.5, 0.6) is 0 Å². The number of aromatic nitrogens is 2. The minimum absolute atomic E-state index is 0.251. The SMILES string of the molecule is Cc1cc(C)cc(-c2nnc(S[C@H](C)C(=O)NC(N)=O)o2)c1. The number of amides is 3. The highest BCUT2D eigenvalue weighted by molar-refractivity contribution is 8.00. The van der Waals surface area contributed by atoms with Gasteiger partial charge in [-0.05, 0) is 32.9 Å². The molecule has 1 heterocycles. The lowest BCUT2D eigenvalue weighted by atomic mass is 10.1. The van der Waals surface area contributed by atoms with Gasteiger partial charge in [0.1, 0.15) is 0 Å². The first kappa shape index (κ1) is 16.0. The summed E-state index contributed by atoms with van der Waals surface area (Å²) in [5.74, 6) is -0.125. The molecule has 116 valence electrons. The number of nitrogens with one attached hydrogen (secondary N) is 1. The van der Waals surface area contributed by atoms with E-state index in [1.54, 1.807) is 6.92 Å². The van der Waals surface area contributed by atoms with Crippen LogP contribution in [0.4, 0.5) is 4.79 Å². The minimum Gasteiger partial charge on any atom is -0.411 e. The lowest BCUT2D eigenvalue weighted by molar-refractivity contribution is -0.119. The zero-order chi connectivity index (χ0) is 16.3. The van der Waals surface area contributed by atoms with Crippen molar-refractivity contribution in [2.45, 2.75) is 31.2 Å². The van der Waals surface area contributed by atoms with Crippen molar-refractivity contribution in [3.63, 3.8) is 0 Å². The van der Waals surface area contributed by atoms with Crippen molar-refractivity contribution in [3.8, 4) is 11.5 Å². The number of hydrogen-bond donors (Lipinski definition) is 2. The second kappa shape index (κ2) is 6.61. The lowest BCUT2D eigenvalue weighted by Gasteiger charge is -2.06. The zero-order valence-corrected chi connectivity index (χ0v) is 13.2. The first-order valence-electron chi connectivity index (χ1n) is 6.54. The van der Waals surface area contributed by atoms with E-state index in [4.69, 9.17) is 10.2 Å². The van der Waals surface area contributed by atoms with Crippen molar-refractivity contribution in [1.29, 1.82) is 0 Å². The number of carbonyl (C=O) groups is 2. The van der Waals surface area contributed by atoms with Crippen molar-refractivity contribution in [2.75, 3.05) is 0 Å². The van der Waals surface area contributed by atoms with Crippen LogP contribution in [0.15, 0.2) is 27.8 Å². The van der Waals surface area contributed by atoms with Gasteiger partial charge in [-0.15, -0.1) is 10.2 Å². The average molecular weight is 320 g/mol. The Balaban J connectivity index is 2.11. The largest absolute Gasteiger partial charge is 0.411 e. The number of hydrogen-bond acceptors (Lipinski definition) is 6. The second-order valence-corrected chi connectivity index (χ2v) is 6.16. The molecule has 0 saturated heterocycles. The van der Waals surface area contributed by atoms with Gasteiger partial charge in [0.05, 0.1) is 5.25 Å². The molecule has 0 radical (unpaired) electrons. The van der Waals surface area contributed by atoms with Crippen LogP contribution in [-0.4, -0.2) is 27.4 Å². The van der Waals surface area contributed by atoms with Gasteiger partial charge in [-0.1, -0.05) is 29.0 Å². The maximum atomic E-state index is 11.6. The van der Waals surface area contributed by atoms with Gasteiger partial charge in [0.2, 0.25) is 11.8 Å². The van der Waals surface area contributed by atoms with Gasteiger partial charge in [0, 0.05) is 5.56 Å². The van der Waals surface area contributed by atoms with Crippen LogP contribution < -0.4 is 11.1 Å². The molecule has 3 amide bonds. The highest BCUT2D eigenvalue weighted by Gasteiger charge is 2.19. The number of nitrogens with two attached hydrogens (primary N) is 1. The zero-order valence-electron chi connectivity index (χ0n) is 12.4. The predicted octanol–water partition coefficient (Wildman–Crippen LogP) is 2.03. The second-order valence-electron chi connectivity index (χ2n) is 4.86. The molecule has 0 aliphatic heterocycles. The van der Waals surface area contributed by atoms with Gasteiger partial charge < -0.3 is 10.2 Å². The Hall–Kier alpha value is -2.35. The number of imide groups is 1. The number of benzene rings is 1. The van der Waals surface area contributed by atoms with E-state index in [0.29, 0.717) is 5.89 Å². The van der Waals surface area contributed by atoms with Gasteiger partial charge in [0.15, 0.2) is 0 Å². The molecule has 0 unspecified atom stereocenters. The fourth-order valence-electron chi connectivity index (χ4n) is 1.90. The Morgan fingerprint density at radius 3 is 2.45 bits per heavy atom. The van der Waals surface area contributed by atoms with Gasteiger partial charge >= 0.3 is 6.03 Å². The summed E-state index contributed by atoms with van der Waals surface area (Å²) in [5.41, 5.74) is 7.91. The fourth-order valence-corrected chi connectivity index (χ4v) is 2.58. The number of nitrogens with zero attached hydrogens (tertiary/aromatic N) is 2. The highest BCUT2D eigenvalue weighted by Crippen LogP contribution is 2.27. The molecule has 7 nitrogen and oxygen atoms in total. The molecule has 0 spiro atoms. The molecule has 3 N–H and O–H groups in total. The van der Waals surface area contributed by atoms with Gasteiger partial charge in [-0.2, -0.15) is 0 Å². The van der Waals surface area contributed by atoms with Crippen molar-refractivity contribution in [3.05, 3.63) is 29.3 Å². The quantitative estimate of drug-likeness (QED) is 0.834. The summed E-state index contributed by atoms with van der Waals surface area (Å²) >= 11 is 1.06. The van der Waals surface area contributed by atoms with Crippen LogP contribution in [0.1, 0.15) is 18.1 Å². The highest BCUT2D eigenvalue weighted by atomic mass is 32.2. The normalized spacial score (nSPS) is 12.0. The van der Waals surface area contributed by atoms with Gasteiger partial charge in [0.25, 0.3) is 5.22 Å². The standard InChI is InChI=1S/C14H16N4O3S/c1-7-4-8(2)6-10(5-7)12-17-18-14(21-12)22-9(3)11(19)16-13(15)20/h4-6,9H,1-3H3,(H3,15,16,19,20)/t9-/m1/s1. The summed E-state index contributed by atoms with van der Waals surface area (Å²) in [6.45, 7) is 5.58. The number of rotatable bonds is 4. The molecule has 0 bridgehead atoms. The van der Waals surface area contributed by atoms with E-state index in [0.717, 1.165) is 28.5 Å². The third-order valence-corrected chi connectivity index (χ3v) is 3.70. The van der Waals surface area contributed by atoms with E-state index in [1.807, 2.05) is 37.4 Å². The Labute approximate surface area is 131 Å². The molecule has 22 heavy (non-hydrogen) atoms. The lowest BCUT2D eigenvalue weighted by Crippen LogP contribution is -2.39. The number of urea groups is 1. The maximum Gasteiger partial charge on any atom is 0.318 e. The van der Waals surface area contributed by atoms with Crippen molar-refractivity contribution < 1.29 is 14.0 Å². The Morgan fingerprint density at radius 1 is 1.23 bits per heavy atom. The van der Waals surface area contributed by atoms with Crippen LogP contribution in [0.2, 0.25) is 0 Å². The number of aryl methyl sites for hydroxylation is 2. The van der Waals surface area contributed by atoms with Crippen molar-refractivity contribution >= 4 is 23.7 Å². The smallest absolute Gasteiger partial charge is 0.318 e. The van der Waals surface area contributed by atoms with Crippen LogP contribution in [0.25, 0.3) is 11.5 Å². The number of primary amides is 1. The average Bonchev–Trinajstić information content (AvgIpc) is 2.85.